The van der Waals surface area contributed by atoms with Crippen molar-refractivity contribution in [3.63, 3.8) is 0 Å². The number of likely N-dealkylation sites (tertiary alicyclic amines) is 1. The molecule has 1 heterocycles. The first-order valence-corrected chi connectivity index (χ1v) is 4.77. The van der Waals surface area contributed by atoms with Crippen LogP contribution in [0.25, 0.3) is 0 Å². The van der Waals surface area contributed by atoms with E-state index in [2.05, 4.69) is 11.8 Å². The van der Waals surface area contributed by atoms with E-state index in [9.17, 15) is 0 Å². The molecule has 0 saturated carbocycles. The van der Waals surface area contributed by atoms with E-state index < -0.39 is 0 Å². The van der Waals surface area contributed by atoms with Crippen LogP contribution in [0.5, 0.6) is 0 Å². The minimum absolute atomic E-state index is 0.341. The molecule has 0 radical (unpaired) electrons. The molecule has 0 aromatic carbocycles. The van der Waals surface area contributed by atoms with Crippen molar-refractivity contribution in [2.24, 2.45) is 5.73 Å². The molecule has 2 nitrogen and oxygen atoms in total. The third kappa shape index (κ3) is 3.73. The zero-order chi connectivity index (χ0) is 8.10. The second kappa shape index (κ2) is 4.73. The average molecular weight is 156 g/mol. The summed E-state index contributed by atoms with van der Waals surface area (Å²) in [4.78, 5) is 2.50. The van der Waals surface area contributed by atoms with Crippen molar-refractivity contribution in [2.45, 2.75) is 38.6 Å². The number of hydrogen-bond acceptors (Lipinski definition) is 2. The lowest BCUT2D eigenvalue weighted by Gasteiger charge is -2.21. The zero-order valence-electron chi connectivity index (χ0n) is 7.55. The molecular weight excluding hydrogens is 136 g/mol. The highest BCUT2D eigenvalue weighted by atomic mass is 15.1. The number of nitrogens with two attached hydrogens (primary N) is 1. The van der Waals surface area contributed by atoms with E-state index in [1.807, 2.05) is 0 Å². The van der Waals surface area contributed by atoms with Gasteiger partial charge in [-0.1, -0.05) is 12.8 Å². The Morgan fingerprint density at radius 1 is 1.18 bits per heavy atom. The molecule has 0 amide bonds. The third-order valence-electron chi connectivity index (χ3n) is 2.24. The Balaban J connectivity index is 2.20. The molecule has 0 aromatic heterocycles. The van der Waals surface area contributed by atoms with E-state index in [4.69, 9.17) is 5.73 Å². The Morgan fingerprint density at radius 2 is 1.73 bits per heavy atom. The summed E-state index contributed by atoms with van der Waals surface area (Å²) in [5.74, 6) is 0. The van der Waals surface area contributed by atoms with Crippen molar-refractivity contribution in [2.75, 3.05) is 19.6 Å². The predicted molar refractivity (Wildman–Crippen MR) is 48.6 cm³/mol. The van der Waals surface area contributed by atoms with Gasteiger partial charge in [0.15, 0.2) is 0 Å². The van der Waals surface area contributed by atoms with Crippen LogP contribution < -0.4 is 5.73 Å². The minimum atomic E-state index is 0.341. The maximum atomic E-state index is 5.73. The summed E-state index contributed by atoms with van der Waals surface area (Å²) in [6, 6.07) is 0.341. The van der Waals surface area contributed by atoms with Crippen molar-refractivity contribution in [3.05, 3.63) is 0 Å². The Hall–Kier alpha value is -0.0800. The van der Waals surface area contributed by atoms with Crippen LogP contribution in [0.2, 0.25) is 0 Å². The topological polar surface area (TPSA) is 29.3 Å². The SMILES string of the molecule is CC(N)CN1CCCCCC1. The van der Waals surface area contributed by atoms with Crippen molar-refractivity contribution >= 4 is 0 Å². The van der Waals surface area contributed by atoms with E-state index >= 15 is 0 Å². The van der Waals surface area contributed by atoms with Crippen molar-refractivity contribution in [1.82, 2.24) is 4.90 Å². The molecule has 1 rings (SSSR count). The summed E-state index contributed by atoms with van der Waals surface area (Å²) in [6.45, 7) is 5.70. The van der Waals surface area contributed by atoms with E-state index in [0.717, 1.165) is 6.54 Å². The van der Waals surface area contributed by atoms with Crippen LogP contribution in [-0.2, 0) is 0 Å². The predicted octanol–water partition coefficient (Wildman–Crippen LogP) is 1.21. The molecular formula is C9H20N2. The number of nitrogens with zero attached hydrogens (tertiary/aromatic N) is 1. The lowest BCUT2D eigenvalue weighted by molar-refractivity contribution is 0.272. The molecule has 66 valence electrons. The lowest BCUT2D eigenvalue weighted by Crippen LogP contribution is -2.36. The van der Waals surface area contributed by atoms with Crippen molar-refractivity contribution in [1.29, 1.82) is 0 Å². The largest absolute Gasteiger partial charge is 0.327 e. The molecule has 0 aliphatic carbocycles. The van der Waals surface area contributed by atoms with Gasteiger partial charge in [-0.15, -0.1) is 0 Å². The van der Waals surface area contributed by atoms with E-state index in [1.165, 1.54) is 38.8 Å². The highest BCUT2D eigenvalue weighted by molar-refractivity contribution is 4.67. The summed E-state index contributed by atoms with van der Waals surface area (Å²) in [6.07, 6.45) is 5.56. The van der Waals surface area contributed by atoms with Crippen molar-refractivity contribution < 1.29 is 0 Å². The van der Waals surface area contributed by atoms with Crippen LogP contribution in [0, 0.1) is 0 Å². The van der Waals surface area contributed by atoms with E-state index in [1.54, 1.807) is 0 Å². The Bertz CT molecular complexity index is 93.7. The third-order valence-corrected chi connectivity index (χ3v) is 2.24. The smallest absolute Gasteiger partial charge is 0.0139 e. The van der Waals surface area contributed by atoms with Gasteiger partial charge in [-0.05, 0) is 32.9 Å². The highest BCUT2D eigenvalue weighted by Crippen LogP contribution is 2.09. The second-order valence-corrected chi connectivity index (χ2v) is 3.69. The van der Waals surface area contributed by atoms with Gasteiger partial charge in [0.1, 0.15) is 0 Å². The quantitative estimate of drug-likeness (QED) is 0.651. The van der Waals surface area contributed by atoms with Gasteiger partial charge in [0, 0.05) is 12.6 Å². The normalized spacial score (nSPS) is 24.5. The lowest BCUT2D eigenvalue weighted by atomic mass is 10.2. The van der Waals surface area contributed by atoms with E-state index in [-0.39, 0.29) is 0 Å². The van der Waals surface area contributed by atoms with Crippen LogP contribution in [0.3, 0.4) is 0 Å². The van der Waals surface area contributed by atoms with Gasteiger partial charge in [0.2, 0.25) is 0 Å². The van der Waals surface area contributed by atoms with Gasteiger partial charge in [-0.3, -0.25) is 0 Å². The summed E-state index contributed by atoms with van der Waals surface area (Å²) in [5.41, 5.74) is 5.73. The van der Waals surface area contributed by atoms with Crippen LogP contribution in [-0.4, -0.2) is 30.6 Å². The minimum Gasteiger partial charge on any atom is -0.327 e. The molecule has 1 unspecified atom stereocenters. The Labute approximate surface area is 69.8 Å². The molecule has 1 fully saturated rings. The molecule has 1 saturated heterocycles. The first-order chi connectivity index (χ1) is 5.29. The van der Waals surface area contributed by atoms with Crippen LogP contribution >= 0.6 is 0 Å². The fraction of sp³-hybridized carbons (Fsp3) is 1.00. The van der Waals surface area contributed by atoms with E-state index in [0.29, 0.717) is 6.04 Å². The second-order valence-electron chi connectivity index (χ2n) is 3.69. The summed E-state index contributed by atoms with van der Waals surface area (Å²) in [7, 11) is 0. The van der Waals surface area contributed by atoms with Gasteiger partial charge in [-0.25, -0.2) is 0 Å². The standard InChI is InChI=1S/C9H20N2/c1-9(10)8-11-6-4-2-3-5-7-11/h9H,2-8,10H2,1H3. The molecule has 0 aromatic rings. The fourth-order valence-electron chi connectivity index (χ4n) is 1.73. The van der Waals surface area contributed by atoms with Crippen LogP contribution in [0.15, 0.2) is 0 Å². The fourth-order valence-corrected chi connectivity index (χ4v) is 1.73. The summed E-state index contributed by atoms with van der Waals surface area (Å²) in [5, 5.41) is 0. The van der Waals surface area contributed by atoms with Gasteiger partial charge < -0.3 is 10.6 Å². The zero-order valence-corrected chi connectivity index (χ0v) is 7.55. The molecule has 0 bridgehead atoms. The van der Waals surface area contributed by atoms with Crippen LogP contribution in [0.1, 0.15) is 32.6 Å². The van der Waals surface area contributed by atoms with Gasteiger partial charge in [-0.2, -0.15) is 0 Å². The monoisotopic (exact) mass is 156 g/mol. The number of hydrogen-bond donors (Lipinski definition) is 1. The Morgan fingerprint density at radius 3 is 2.18 bits per heavy atom. The summed E-state index contributed by atoms with van der Waals surface area (Å²) >= 11 is 0. The molecule has 1 atom stereocenters. The van der Waals surface area contributed by atoms with Gasteiger partial charge in [0.05, 0.1) is 0 Å². The molecule has 1 aliphatic rings. The Kier molecular flexibility index (Phi) is 3.87. The van der Waals surface area contributed by atoms with Crippen LogP contribution in [0.4, 0.5) is 0 Å². The molecule has 2 heteroatoms. The summed E-state index contributed by atoms with van der Waals surface area (Å²) < 4.78 is 0. The van der Waals surface area contributed by atoms with Gasteiger partial charge >= 0.3 is 0 Å². The maximum absolute atomic E-state index is 5.73. The molecule has 1 aliphatic heterocycles. The highest BCUT2D eigenvalue weighted by Gasteiger charge is 2.09. The maximum Gasteiger partial charge on any atom is 0.0139 e. The molecule has 2 N–H and O–H groups in total. The molecule has 0 spiro atoms. The number of rotatable bonds is 2. The van der Waals surface area contributed by atoms with Crippen molar-refractivity contribution in [3.8, 4) is 0 Å². The van der Waals surface area contributed by atoms with Gasteiger partial charge in [0.25, 0.3) is 0 Å². The average Bonchev–Trinajstić information content (AvgIpc) is 2.14. The molecule has 11 heavy (non-hydrogen) atoms. The first-order valence-electron chi connectivity index (χ1n) is 4.77. The first kappa shape index (κ1) is 9.01.